The first-order valence-corrected chi connectivity index (χ1v) is 5.18. The van der Waals surface area contributed by atoms with Gasteiger partial charge in [-0.15, -0.1) is 0 Å². The number of nitrogens with zero attached hydrogens (tertiary/aromatic N) is 2. The molecule has 2 heterocycles. The molecule has 6 heteroatoms. The molecule has 2 rings (SSSR count). The van der Waals surface area contributed by atoms with Gasteiger partial charge in [0.15, 0.2) is 5.69 Å². The van der Waals surface area contributed by atoms with Crippen LogP contribution in [-0.2, 0) is 13.6 Å². The van der Waals surface area contributed by atoms with Crippen LogP contribution in [-0.4, -0.2) is 27.8 Å². The van der Waals surface area contributed by atoms with Crippen molar-refractivity contribution in [3.05, 3.63) is 35.8 Å². The van der Waals surface area contributed by atoms with Crippen LogP contribution in [0.1, 0.15) is 16.1 Å². The minimum atomic E-state index is -0.217. The maximum atomic E-state index is 11.8. The number of hydrogen-bond donors (Lipinski definition) is 2. The fourth-order valence-corrected chi connectivity index (χ4v) is 1.49. The van der Waals surface area contributed by atoms with E-state index in [0.29, 0.717) is 18.1 Å². The van der Waals surface area contributed by atoms with Crippen molar-refractivity contribution < 1.29 is 9.53 Å². The highest BCUT2D eigenvalue weighted by Gasteiger charge is 2.12. The van der Waals surface area contributed by atoms with Crippen LogP contribution in [0.5, 0.6) is 5.88 Å². The Bertz CT molecular complexity index is 502. The second-order valence-electron chi connectivity index (χ2n) is 3.60. The van der Waals surface area contributed by atoms with E-state index in [1.165, 1.54) is 4.68 Å². The lowest BCUT2D eigenvalue weighted by Gasteiger charge is -1.99. The lowest BCUT2D eigenvalue weighted by molar-refractivity contribution is 0.0945. The Morgan fingerprint density at radius 2 is 2.47 bits per heavy atom. The fraction of sp³-hybridized carbons (Fsp3) is 0.273. The average Bonchev–Trinajstić information content (AvgIpc) is 2.94. The third kappa shape index (κ3) is 2.47. The SMILES string of the molecule is COc1cc(C(=O)NCc2cc[nH]c2)nn1C. The van der Waals surface area contributed by atoms with E-state index in [1.54, 1.807) is 20.2 Å². The van der Waals surface area contributed by atoms with Crippen LogP contribution in [0.2, 0.25) is 0 Å². The molecule has 0 bridgehead atoms. The summed E-state index contributed by atoms with van der Waals surface area (Å²) in [5, 5.41) is 6.83. The molecule has 0 saturated carbocycles. The summed E-state index contributed by atoms with van der Waals surface area (Å²) in [6.07, 6.45) is 3.64. The first-order chi connectivity index (χ1) is 8.20. The van der Waals surface area contributed by atoms with Crippen LogP contribution in [0, 0.1) is 0 Å². The Labute approximate surface area is 98.6 Å². The van der Waals surface area contributed by atoms with Crippen molar-refractivity contribution in [1.29, 1.82) is 0 Å². The van der Waals surface area contributed by atoms with Gasteiger partial charge >= 0.3 is 0 Å². The largest absolute Gasteiger partial charge is 0.481 e. The van der Waals surface area contributed by atoms with Crippen LogP contribution in [0.3, 0.4) is 0 Å². The molecule has 0 aromatic carbocycles. The molecule has 2 aromatic rings. The first kappa shape index (κ1) is 11.3. The van der Waals surface area contributed by atoms with Gasteiger partial charge in [0, 0.05) is 32.1 Å². The molecule has 1 amide bonds. The molecule has 0 atom stereocenters. The Balaban J connectivity index is 1.99. The van der Waals surface area contributed by atoms with Gasteiger partial charge in [0.2, 0.25) is 5.88 Å². The van der Waals surface area contributed by atoms with Gasteiger partial charge in [-0.05, 0) is 11.6 Å². The fourth-order valence-electron chi connectivity index (χ4n) is 1.49. The molecule has 0 aliphatic rings. The van der Waals surface area contributed by atoms with Gasteiger partial charge in [0.1, 0.15) is 0 Å². The number of H-pyrrole nitrogens is 1. The second-order valence-corrected chi connectivity index (χ2v) is 3.60. The quantitative estimate of drug-likeness (QED) is 0.817. The molecule has 6 nitrogen and oxygen atoms in total. The van der Waals surface area contributed by atoms with E-state index < -0.39 is 0 Å². The molecule has 0 aliphatic carbocycles. The van der Waals surface area contributed by atoms with E-state index in [0.717, 1.165) is 5.56 Å². The Hall–Kier alpha value is -2.24. The normalized spacial score (nSPS) is 10.2. The van der Waals surface area contributed by atoms with Crippen LogP contribution >= 0.6 is 0 Å². The highest BCUT2D eigenvalue weighted by Crippen LogP contribution is 2.10. The van der Waals surface area contributed by atoms with Crippen molar-refractivity contribution in [3.63, 3.8) is 0 Å². The number of ether oxygens (including phenoxy) is 1. The summed E-state index contributed by atoms with van der Waals surface area (Å²) in [4.78, 5) is 14.7. The predicted octanol–water partition coefficient (Wildman–Crippen LogP) is 0.687. The van der Waals surface area contributed by atoms with Crippen molar-refractivity contribution in [2.75, 3.05) is 7.11 Å². The van der Waals surface area contributed by atoms with Crippen molar-refractivity contribution in [1.82, 2.24) is 20.1 Å². The van der Waals surface area contributed by atoms with Crippen LogP contribution in [0.25, 0.3) is 0 Å². The molecule has 2 N–H and O–H groups in total. The predicted molar refractivity (Wildman–Crippen MR) is 61.7 cm³/mol. The van der Waals surface area contributed by atoms with Crippen molar-refractivity contribution in [2.24, 2.45) is 7.05 Å². The van der Waals surface area contributed by atoms with Gasteiger partial charge in [0.25, 0.3) is 5.91 Å². The van der Waals surface area contributed by atoms with Crippen LogP contribution < -0.4 is 10.1 Å². The Kier molecular flexibility index (Phi) is 3.13. The molecule has 0 saturated heterocycles. The summed E-state index contributed by atoms with van der Waals surface area (Å²) in [6.45, 7) is 0.473. The molecule has 0 fully saturated rings. The lowest BCUT2D eigenvalue weighted by atomic mass is 10.3. The monoisotopic (exact) mass is 234 g/mol. The van der Waals surface area contributed by atoms with E-state index >= 15 is 0 Å². The minimum absolute atomic E-state index is 0.217. The van der Waals surface area contributed by atoms with E-state index in [-0.39, 0.29) is 5.91 Å². The zero-order valence-corrected chi connectivity index (χ0v) is 9.73. The molecule has 0 radical (unpaired) electrons. The zero-order chi connectivity index (χ0) is 12.3. The van der Waals surface area contributed by atoms with Gasteiger partial charge in [-0.3, -0.25) is 4.79 Å². The summed E-state index contributed by atoms with van der Waals surface area (Å²) >= 11 is 0. The number of amides is 1. The summed E-state index contributed by atoms with van der Waals surface area (Å²) < 4.78 is 6.56. The maximum absolute atomic E-state index is 11.8. The number of nitrogens with one attached hydrogen (secondary N) is 2. The zero-order valence-electron chi connectivity index (χ0n) is 9.73. The van der Waals surface area contributed by atoms with E-state index in [1.807, 2.05) is 18.5 Å². The average molecular weight is 234 g/mol. The van der Waals surface area contributed by atoms with Crippen molar-refractivity contribution in [2.45, 2.75) is 6.54 Å². The molecule has 17 heavy (non-hydrogen) atoms. The van der Waals surface area contributed by atoms with Crippen molar-refractivity contribution >= 4 is 5.91 Å². The standard InChI is InChI=1S/C11H14N4O2/c1-15-10(17-2)5-9(14-15)11(16)13-7-8-3-4-12-6-8/h3-6,12H,7H2,1-2H3,(H,13,16). The number of rotatable bonds is 4. The molecule has 0 spiro atoms. The number of carbonyl (C=O) groups is 1. The van der Waals surface area contributed by atoms with Gasteiger partial charge in [-0.2, -0.15) is 5.10 Å². The molecule has 0 aliphatic heterocycles. The second kappa shape index (κ2) is 4.73. The highest BCUT2D eigenvalue weighted by atomic mass is 16.5. The van der Waals surface area contributed by atoms with Gasteiger partial charge in [-0.25, -0.2) is 4.68 Å². The summed E-state index contributed by atoms with van der Waals surface area (Å²) in [6, 6.07) is 3.51. The van der Waals surface area contributed by atoms with E-state index in [4.69, 9.17) is 4.74 Å². The molecule has 90 valence electrons. The molecular formula is C11H14N4O2. The van der Waals surface area contributed by atoms with Gasteiger partial charge in [-0.1, -0.05) is 0 Å². The topological polar surface area (TPSA) is 71.9 Å². The summed E-state index contributed by atoms with van der Waals surface area (Å²) in [5.41, 5.74) is 1.36. The third-order valence-electron chi connectivity index (χ3n) is 2.39. The third-order valence-corrected chi connectivity index (χ3v) is 2.39. The first-order valence-electron chi connectivity index (χ1n) is 5.18. The maximum Gasteiger partial charge on any atom is 0.272 e. The number of hydrogen-bond acceptors (Lipinski definition) is 3. The van der Waals surface area contributed by atoms with E-state index in [2.05, 4.69) is 15.4 Å². The van der Waals surface area contributed by atoms with Crippen LogP contribution in [0.4, 0.5) is 0 Å². The number of aromatic nitrogens is 3. The van der Waals surface area contributed by atoms with Crippen molar-refractivity contribution in [3.8, 4) is 5.88 Å². The van der Waals surface area contributed by atoms with Crippen LogP contribution in [0.15, 0.2) is 24.5 Å². The minimum Gasteiger partial charge on any atom is -0.481 e. The number of aryl methyl sites for hydroxylation is 1. The number of carbonyl (C=O) groups excluding carboxylic acids is 1. The molecular weight excluding hydrogens is 220 g/mol. The number of aromatic amines is 1. The smallest absolute Gasteiger partial charge is 0.272 e. The summed E-state index contributed by atoms with van der Waals surface area (Å²) in [5.74, 6) is 0.335. The highest BCUT2D eigenvalue weighted by molar-refractivity contribution is 5.92. The molecule has 0 unspecified atom stereocenters. The molecule has 2 aromatic heterocycles. The Morgan fingerprint density at radius 1 is 1.65 bits per heavy atom. The summed E-state index contributed by atoms with van der Waals surface area (Å²) in [7, 11) is 3.26. The lowest BCUT2D eigenvalue weighted by Crippen LogP contribution is -2.23. The van der Waals surface area contributed by atoms with Gasteiger partial charge in [0.05, 0.1) is 7.11 Å². The van der Waals surface area contributed by atoms with Gasteiger partial charge < -0.3 is 15.0 Å². The Morgan fingerprint density at radius 3 is 3.06 bits per heavy atom. The number of methoxy groups -OCH3 is 1. The van der Waals surface area contributed by atoms with E-state index in [9.17, 15) is 4.79 Å².